The van der Waals surface area contributed by atoms with Crippen molar-refractivity contribution in [2.45, 2.75) is 6.92 Å². The van der Waals surface area contributed by atoms with Crippen LogP contribution >= 0.6 is 0 Å². The molecule has 0 aliphatic carbocycles. The lowest BCUT2D eigenvalue weighted by Crippen LogP contribution is -1.82. The van der Waals surface area contributed by atoms with Gasteiger partial charge in [0.05, 0.1) is 0 Å². The Morgan fingerprint density at radius 1 is 0.833 bits per heavy atom. The highest BCUT2D eigenvalue weighted by Gasteiger charge is 2.05. The highest BCUT2D eigenvalue weighted by atomic mass is 16.3. The third kappa shape index (κ3) is 1.84. The van der Waals surface area contributed by atoms with Crippen LogP contribution in [0.2, 0.25) is 0 Å². The zero-order valence-electron chi connectivity index (χ0n) is 10.2. The molecule has 0 atom stereocenters. The molecule has 0 aliphatic rings. The zero-order chi connectivity index (χ0) is 12.5. The smallest absolute Gasteiger partial charge is 0.116 e. The summed E-state index contributed by atoms with van der Waals surface area (Å²) in [5, 5.41) is 12.1. The number of phenolic OH excluding ortho intramolecular Hbond substituents is 1. The predicted octanol–water partition coefficient (Wildman–Crippen LogP) is 4.52. The number of benzene rings is 3. The molecular formula is C17H14O. The minimum absolute atomic E-state index is 0.310. The molecule has 18 heavy (non-hydrogen) atoms. The van der Waals surface area contributed by atoms with E-state index in [1.807, 2.05) is 24.3 Å². The SMILES string of the molecule is Cc1ccc(-c2cc(O)cc3ccccc23)cc1. The third-order valence-electron chi connectivity index (χ3n) is 3.21. The van der Waals surface area contributed by atoms with Crippen molar-refractivity contribution in [1.82, 2.24) is 0 Å². The van der Waals surface area contributed by atoms with Crippen LogP contribution in [0.1, 0.15) is 5.56 Å². The van der Waals surface area contributed by atoms with Gasteiger partial charge in [0.15, 0.2) is 0 Å². The Kier molecular flexibility index (Phi) is 2.52. The summed E-state index contributed by atoms with van der Waals surface area (Å²) in [5.41, 5.74) is 3.45. The van der Waals surface area contributed by atoms with E-state index in [1.54, 1.807) is 6.07 Å². The van der Waals surface area contributed by atoms with E-state index in [-0.39, 0.29) is 0 Å². The Balaban J connectivity index is 2.31. The second-order valence-corrected chi connectivity index (χ2v) is 4.58. The van der Waals surface area contributed by atoms with Gasteiger partial charge in [0, 0.05) is 0 Å². The maximum absolute atomic E-state index is 9.83. The number of rotatable bonds is 1. The van der Waals surface area contributed by atoms with Crippen LogP contribution in [0.4, 0.5) is 0 Å². The molecule has 3 aromatic rings. The number of hydrogen-bond acceptors (Lipinski definition) is 1. The molecule has 0 aromatic heterocycles. The normalized spacial score (nSPS) is 10.7. The Hall–Kier alpha value is -2.28. The summed E-state index contributed by atoms with van der Waals surface area (Å²) < 4.78 is 0. The molecule has 0 spiro atoms. The minimum Gasteiger partial charge on any atom is -0.508 e. The monoisotopic (exact) mass is 234 g/mol. The predicted molar refractivity (Wildman–Crippen MR) is 75.8 cm³/mol. The maximum Gasteiger partial charge on any atom is 0.116 e. The van der Waals surface area contributed by atoms with E-state index in [0.29, 0.717) is 5.75 Å². The largest absolute Gasteiger partial charge is 0.508 e. The highest BCUT2D eigenvalue weighted by molar-refractivity contribution is 5.97. The van der Waals surface area contributed by atoms with Crippen LogP contribution in [0, 0.1) is 6.92 Å². The first-order valence-electron chi connectivity index (χ1n) is 6.03. The second-order valence-electron chi connectivity index (χ2n) is 4.58. The standard InChI is InChI=1S/C17H14O/c1-12-6-8-13(9-7-12)17-11-15(18)10-14-4-2-3-5-16(14)17/h2-11,18H,1H3. The summed E-state index contributed by atoms with van der Waals surface area (Å²) in [6.07, 6.45) is 0. The Morgan fingerprint density at radius 3 is 2.33 bits per heavy atom. The molecule has 3 rings (SSSR count). The van der Waals surface area contributed by atoms with Gasteiger partial charge in [-0.25, -0.2) is 0 Å². The van der Waals surface area contributed by atoms with Gasteiger partial charge in [-0.2, -0.15) is 0 Å². The second kappa shape index (κ2) is 4.19. The van der Waals surface area contributed by atoms with Crippen LogP contribution < -0.4 is 0 Å². The average molecular weight is 234 g/mol. The lowest BCUT2D eigenvalue weighted by Gasteiger charge is -2.08. The van der Waals surface area contributed by atoms with Crippen LogP contribution in [0.25, 0.3) is 21.9 Å². The first-order valence-corrected chi connectivity index (χ1v) is 6.03. The Bertz CT molecular complexity index is 696. The molecule has 1 N–H and O–H groups in total. The molecule has 0 saturated carbocycles. The van der Waals surface area contributed by atoms with E-state index < -0.39 is 0 Å². The van der Waals surface area contributed by atoms with Gasteiger partial charge in [-0.15, -0.1) is 0 Å². The van der Waals surface area contributed by atoms with Crippen LogP contribution in [-0.4, -0.2) is 5.11 Å². The summed E-state index contributed by atoms with van der Waals surface area (Å²) in [6, 6.07) is 20.1. The van der Waals surface area contributed by atoms with E-state index in [9.17, 15) is 5.11 Å². The molecule has 0 unspecified atom stereocenters. The molecule has 88 valence electrons. The van der Waals surface area contributed by atoms with Crippen molar-refractivity contribution in [1.29, 1.82) is 0 Å². The average Bonchev–Trinajstić information content (AvgIpc) is 2.38. The number of phenols is 1. The third-order valence-corrected chi connectivity index (χ3v) is 3.21. The van der Waals surface area contributed by atoms with Crippen molar-refractivity contribution in [2.24, 2.45) is 0 Å². The van der Waals surface area contributed by atoms with Crippen molar-refractivity contribution < 1.29 is 5.11 Å². The van der Waals surface area contributed by atoms with Gasteiger partial charge in [0.1, 0.15) is 5.75 Å². The van der Waals surface area contributed by atoms with Gasteiger partial charge in [0.2, 0.25) is 0 Å². The van der Waals surface area contributed by atoms with Crippen molar-refractivity contribution in [3.05, 3.63) is 66.2 Å². The molecule has 1 nitrogen and oxygen atoms in total. The molecule has 1 heteroatoms. The van der Waals surface area contributed by atoms with Gasteiger partial charge in [0.25, 0.3) is 0 Å². The lowest BCUT2D eigenvalue weighted by atomic mass is 9.97. The van der Waals surface area contributed by atoms with Gasteiger partial charge in [-0.1, -0.05) is 54.1 Å². The van der Waals surface area contributed by atoms with E-state index in [2.05, 4.69) is 37.3 Å². The number of aryl methyl sites for hydroxylation is 1. The molecule has 0 aliphatic heterocycles. The van der Waals surface area contributed by atoms with E-state index in [4.69, 9.17) is 0 Å². The van der Waals surface area contributed by atoms with Crippen molar-refractivity contribution in [2.75, 3.05) is 0 Å². The lowest BCUT2D eigenvalue weighted by molar-refractivity contribution is 0.476. The Labute approximate surface area is 106 Å². The molecule has 0 saturated heterocycles. The van der Waals surface area contributed by atoms with E-state index >= 15 is 0 Å². The van der Waals surface area contributed by atoms with Crippen molar-refractivity contribution in [3.8, 4) is 16.9 Å². The van der Waals surface area contributed by atoms with Crippen LogP contribution in [0.15, 0.2) is 60.7 Å². The minimum atomic E-state index is 0.310. The van der Waals surface area contributed by atoms with E-state index in [1.165, 1.54) is 10.9 Å². The first-order chi connectivity index (χ1) is 8.74. The fourth-order valence-corrected chi connectivity index (χ4v) is 2.27. The van der Waals surface area contributed by atoms with Crippen LogP contribution in [0.3, 0.4) is 0 Å². The number of aromatic hydroxyl groups is 1. The van der Waals surface area contributed by atoms with Gasteiger partial charge in [-0.3, -0.25) is 0 Å². The molecule has 0 amide bonds. The molecule has 0 heterocycles. The van der Waals surface area contributed by atoms with Crippen LogP contribution in [-0.2, 0) is 0 Å². The number of hydrogen-bond donors (Lipinski definition) is 1. The van der Waals surface area contributed by atoms with Crippen molar-refractivity contribution in [3.63, 3.8) is 0 Å². The highest BCUT2D eigenvalue weighted by Crippen LogP contribution is 2.32. The van der Waals surface area contributed by atoms with Gasteiger partial charge < -0.3 is 5.11 Å². The molecule has 0 fully saturated rings. The molecule has 3 aromatic carbocycles. The summed E-state index contributed by atoms with van der Waals surface area (Å²) in [7, 11) is 0. The number of fused-ring (bicyclic) bond motifs is 1. The van der Waals surface area contributed by atoms with E-state index in [0.717, 1.165) is 16.5 Å². The fourth-order valence-electron chi connectivity index (χ4n) is 2.27. The summed E-state index contributed by atoms with van der Waals surface area (Å²) in [6.45, 7) is 2.07. The Morgan fingerprint density at radius 2 is 1.56 bits per heavy atom. The topological polar surface area (TPSA) is 20.2 Å². The maximum atomic E-state index is 9.83. The fraction of sp³-hybridized carbons (Fsp3) is 0.0588. The summed E-state index contributed by atoms with van der Waals surface area (Å²) in [5.74, 6) is 0.310. The van der Waals surface area contributed by atoms with Crippen LogP contribution in [0.5, 0.6) is 5.75 Å². The molecule has 0 radical (unpaired) electrons. The first kappa shape index (κ1) is 10.8. The quantitative estimate of drug-likeness (QED) is 0.656. The van der Waals surface area contributed by atoms with Crippen molar-refractivity contribution >= 4 is 10.8 Å². The van der Waals surface area contributed by atoms with Gasteiger partial charge in [-0.05, 0) is 41.0 Å². The molecular weight excluding hydrogens is 220 g/mol. The summed E-state index contributed by atoms with van der Waals surface area (Å²) >= 11 is 0. The summed E-state index contributed by atoms with van der Waals surface area (Å²) in [4.78, 5) is 0. The molecule has 0 bridgehead atoms. The zero-order valence-corrected chi connectivity index (χ0v) is 10.2. The van der Waals surface area contributed by atoms with Gasteiger partial charge >= 0.3 is 0 Å².